The summed E-state index contributed by atoms with van der Waals surface area (Å²) < 4.78 is 49.8. The number of carbonyl (C=O) groups excluding carboxylic acids is 1. The van der Waals surface area contributed by atoms with E-state index in [4.69, 9.17) is 0 Å². The van der Waals surface area contributed by atoms with Gasteiger partial charge in [-0.05, 0) is 25.2 Å². The Balaban J connectivity index is 3.13. The van der Waals surface area contributed by atoms with Gasteiger partial charge in [0.05, 0.1) is 12.1 Å². The molecule has 2 nitrogen and oxygen atoms in total. The van der Waals surface area contributed by atoms with Crippen LogP contribution in [0.3, 0.4) is 0 Å². The van der Waals surface area contributed by atoms with Crippen molar-refractivity contribution < 1.29 is 22.4 Å². The normalized spacial score (nSPS) is 11.6. The lowest BCUT2D eigenvalue weighted by molar-refractivity contribution is -0.137. The van der Waals surface area contributed by atoms with E-state index in [1.807, 2.05) is 0 Å². The standard InChI is InChI=1S/C10H9F4NO/c1-15-5-9(16)6-2-7(10(12,13)14)4-8(11)3-6/h2-4,15H,5H2,1H3. The molecule has 6 heteroatoms. The Morgan fingerprint density at radius 3 is 2.44 bits per heavy atom. The molecule has 1 aromatic carbocycles. The van der Waals surface area contributed by atoms with E-state index < -0.39 is 23.3 Å². The van der Waals surface area contributed by atoms with Crippen molar-refractivity contribution in [1.82, 2.24) is 5.32 Å². The summed E-state index contributed by atoms with van der Waals surface area (Å²) in [5.74, 6) is -1.67. The summed E-state index contributed by atoms with van der Waals surface area (Å²) in [5, 5.41) is 2.49. The van der Waals surface area contributed by atoms with Crippen molar-refractivity contribution >= 4 is 5.78 Å². The Labute approximate surface area is 89.3 Å². The number of benzene rings is 1. The van der Waals surface area contributed by atoms with Crippen LogP contribution in [0, 0.1) is 5.82 Å². The lowest BCUT2D eigenvalue weighted by Gasteiger charge is -2.08. The Bertz CT molecular complexity index is 400. The molecule has 0 aliphatic rings. The minimum Gasteiger partial charge on any atom is -0.313 e. The van der Waals surface area contributed by atoms with Gasteiger partial charge < -0.3 is 5.32 Å². The number of rotatable bonds is 3. The average Bonchev–Trinajstić information content (AvgIpc) is 2.16. The van der Waals surface area contributed by atoms with E-state index in [0.717, 1.165) is 6.07 Å². The van der Waals surface area contributed by atoms with Gasteiger partial charge >= 0.3 is 6.18 Å². The van der Waals surface area contributed by atoms with Gasteiger partial charge in [-0.25, -0.2) is 4.39 Å². The third-order valence-electron chi connectivity index (χ3n) is 1.88. The van der Waals surface area contributed by atoms with E-state index in [2.05, 4.69) is 5.32 Å². The smallest absolute Gasteiger partial charge is 0.313 e. The first-order chi connectivity index (χ1) is 7.34. The second-order valence-corrected chi connectivity index (χ2v) is 3.18. The van der Waals surface area contributed by atoms with Crippen LogP contribution in [0.1, 0.15) is 15.9 Å². The number of ketones is 1. The average molecular weight is 235 g/mol. The zero-order valence-corrected chi connectivity index (χ0v) is 8.36. The molecule has 88 valence electrons. The first-order valence-corrected chi connectivity index (χ1v) is 4.40. The highest BCUT2D eigenvalue weighted by atomic mass is 19.4. The SMILES string of the molecule is CNCC(=O)c1cc(F)cc(C(F)(F)F)c1. The van der Waals surface area contributed by atoms with Gasteiger partial charge in [0.15, 0.2) is 5.78 Å². The molecule has 0 saturated heterocycles. The molecule has 0 atom stereocenters. The summed E-state index contributed by atoms with van der Waals surface area (Å²) in [7, 11) is 1.47. The van der Waals surface area contributed by atoms with Crippen LogP contribution >= 0.6 is 0 Å². The predicted octanol–water partition coefficient (Wildman–Crippen LogP) is 2.25. The molecule has 0 bridgehead atoms. The molecule has 0 spiro atoms. The van der Waals surface area contributed by atoms with Crippen molar-refractivity contribution in [2.24, 2.45) is 0 Å². The molecule has 0 saturated carbocycles. The minimum absolute atomic E-state index is 0.138. The zero-order valence-electron chi connectivity index (χ0n) is 8.36. The quantitative estimate of drug-likeness (QED) is 0.643. The van der Waals surface area contributed by atoms with Crippen molar-refractivity contribution in [3.8, 4) is 0 Å². The molecule has 0 aliphatic carbocycles. The highest BCUT2D eigenvalue weighted by Gasteiger charge is 2.31. The van der Waals surface area contributed by atoms with Crippen molar-refractivity contribution in [1.29, 1.82) is 0 Å². The fourth-order valence-electron chi connectivity index (χ4n) is 1.18. The number of halogens is 4. The lowest BCUT2D eigenvalue weighted by atomic mass is 10.1. The van der Waals surface area contributed by atoms with Crippen molar-refractivity contribution in [3.63, 3.8) is 0 Å². The summed E-state index contributed by atoms with van der Waals surface area (Å²) in [6.07, 6.45) is -4.66. The van der Waals surface area contributed by atoms with E-state index in [9.17, 15) is 22.4 Å². The van der Waals surface area contributed by atoms with Gasteiger partial charge in [0.2, 0.25) is 0 Å². The molecule has 0 fully saturated rings. The Hall–Kier alpha value is -1.43. The van der Waals surface area contributed by atoms with Crippen molar-refractivity contribution in [2.45, 2.75) is 6.18 Å². The molecule has 1 N–H and O–H groups in total. The van der Waals surface area contributed by atoms with Crippen LogP contribution in [0.2, 0.25) is 0 Å². The molecule has 0 heterocycles. The molecule has 0 radical (unpaired) electrons. The van der Waals surface area contributed by atoms with E-state index in [-0.39, 0.29) is 12.1 Å². The van der Waals surface area contributed by atoms with Crippen LogP contribution in [0.15, 0.2) is 18.2 Å². The number of Topliss-reactive ketones (excluding diaryl/α,β-unsaturated/α-hetero) is 1. The fourth-order valence-corrected chi connectivity index (χ4v) is 1.18. The van der Waals surface area contributed by atoms with Crippen molar-refractivity contribution in [2.75, 3.05) is 13.6 Å². The summed E-state index contributed by atoms with van der Waals surface area (Å²) in [6, 6.07) is 1.79. The van der Waals surface area contributed by atoms with Gasteiger partial charge in [-0.3, -0.25) is 4.79 Å². The van der Waals surface area contributed by atoms with Crippen LogP contribution in [-0.4, -0.2) is 19.4 Å². The first-order valence-electron chi connectivity index (χ1n) is 4.40. The van der Waals surface area contributed by atoms with Gasteiger partial charge in [0.25, 0.3) is 0 Å². The number of hydrogen-bond donors (Lipinski definition) is 1. The Morgan fingerprint density at radius 1 is 1.31 bits per heavy atom. The third kappa shape index (κ3) is 3.03. The second kappa shape index (κ2) is 4.61. The number of likely N-dealkylation sites (N-methyl/N-ethyl adjacent to an activating group) is 1. The van der Waals surface area contributed by atoms with Crippen LogP contribution in [0.25, 0.3) is 0 Å². The zero-order chi connectivity index (χ0) is 12.3. The summed E-state index contributed by atoms with van der Waals surface area (Å²) >= 11 is 0. The van der Waals surface area contributed by atoms with E-state index >= 15 is 0 Å². The van der Waals surface area contributed by atoms with Crippen molar-refractivity contribution in [3.05, 3.63) is 35.1 Å². The fraction of sp³-hybridized carbons (Fsp3) is 0.300. The maximum atomic E-state index is 12.9. The molecule has 16 heavy (non-hydrogen) atoms. The molecular formula is C10H9F4NO. The number of nitrogens with one attached hydrogen (secondary N) is 1. The summed E-state index contributed by atoms with van der Waals surface area (Å²) in [4.78, 5) is 11.3. The Kier molecular flexibility index (Phi) is 3.64. The maximum Gasteiger partial charge on any atom is 0.416 e. The van der Waals surface area contributed by atoms with E-state index in [1.54, 1.807) is 0 Å². The Morgan fingerprint density at radius 2 is 1.94 bits per heavy atom. The molecule has 0 aliphatic heterocycles. The number of alkyl halides is 3. The molecule has 0 aromatic heterocycles. The highest BCUT2D eigenvalue weighted by molar-refractivity contribution is 5.97. The van der Waals surface area contributed by atoms with E-state index in [1.165, 1.54) is 7.05 Å². The monoisotopic (exact) mass is 235 g/mol. The number of hydrogen-bond acceptors (Lipinski definition) is 2. The molecule has 0 amide bonds. The van der Waals surface area contributed by atoms with Gasteiger partial charge in [-0.2, -0.15) is 13.2 Å². The van der Waals surface area contributed by atoms with Gasteiger partial charge in [0.1, 0.15) is 5.82 Å². The number of carbonyl (C=O) groups is 1. The molecular weight excluding hydrogens is 226 g/mol. The lowest BCUT2D eigenvalue weighted by Crippen LogP contribution is -2.19. The van der Waals surface area contributed by atoms with Crippen LogP contribution < -0.4 is 5.32 Å². The highest BCUT2D eigenvalue weighted by Crippen LogP contribution is 2.30. The molecule has 0 unspecified atom stereocenters. The van der Waals surface area contributed by atoms with Crippen LogP contribution in [0.5, 0.6) is 0 Å². The minimum atomic E-state index is -4.66. The van der Waals surface area contributed by atoms with Crippen LogP contribution in [-0.2, 0) is 6.18 Å². The molecule has 1 aromatic rings. The maximum absolute atomic E-state index is 12.9. The van der Waals surface area contributed by atoms with Crippen LogP contribution in [0.4, 0.5) is 17.6 Å². The van der Waals surface area contributed by atoms with Gasteiger partial charge in [-0.1, -0.05) is 0 Å². The largest absolute Gasteiger partial charge is 0.416 e. The summed E-state index contributed by atoms with van der Waals surface area (Å²) in [5.41, 5.74) is -1.45. The second-order valence-electron chi connectivity index (χ2n) is 3.18. The van der Waals surface area contributed by atoms with E-state index in [0.29, 0.717) is 12.1 Å². The predicted molar refractivity (Wildman–Crippen MR) is 49.7 cm³/mol. The van der Waals surface area contributed by atoms with Gasteiger partial charge in [0, 0.05) is 5.56 Å². The molecule has 1 rings (SSSR count). The summed E-state index contributed by atoms with van der Waals surface area (Å²) in [6.45, 7) is -0.138. The third-order valence-corrected chi connectivity index (χ3v) is 1.88. The first kappa shape index (κ1) is 12.6. The van der Waals surface area contributed by atoms with Gasteiger partial charge in [-0.15, -0.1) is 0 Å². The topological polar surface area (TPSA) is 29.1 Å².